The summed E-state index contributed by atoms with van der Waals surface area (Å²) in [5.41, 5.74) is 2.34. The molecule has 0 saturated carbocycles. The highest BCUT2D eigenvalue weighted by Gasteiger charge is 2.10. The summed E-state index contributed by atoms with van der Waals surface area (Å²) in [6.45, 7) is 1.40. The predicted octanol–water partition coefficient (Wildman–Crippen LogP) is 2.61. The average Bonchev–Trinajstić information content (AvgIpc) is 3.11. The van der Waals surface area contributed by atoms with Crippen LogP contribution in [0.1, 0.15) is 11.4 Å². The highest BCUT2D eigenvalue weighted by Crippen LogP contribution is 2.09. The van der Waals surface area contributed by atoms with E-state index < -0.39 is 0 Å². The molecule has 0 fully saturated rings. The van der Waals surface area contributed by atoms with Gasteiger partial charge in [0.1, 0.15) is 6.33 Å². The van der Waals surface area contributed by atoms with E-state index in [1.807, 2.05) is 41.0 Å². The highest BCUT2D eigenvalue weighted by atomic mass is 16.5. The van der Waals surface area contributed by atoms with Gasteiger partial charge in [0.2, 0.25) is 0 Å². The lowest BCUT2D eigenvalue weighted by molar-refractivity contribution is 0.102. The molecule has 1 aromatic heterocycles. The van der Waals surface area contributed by atoms with Crippen LogP contribution in [0.25, 0.3) is 5.69 Å². The quantitative estimate of drug-likeness (QED) is 0.693. The largest absolute Gasteiger partial charge is 0.380 e. The molecule has 1 N–H and O–H groups in total. The number of hydrogen-bond acceptors (Lipinski definition) is 4. The van der Waals surface area contributed by atoms with Crippen LogP contribution in [-0.4, -0.2) is 34.5 Å². The van der Waals surface area contributed by atoms with Crippen molar-refractivity contribution in [1.82, 2.24) is 20.1 Å². The van der Waals surface area contributed by atoms with E-state index in [9.17, 15) is 0 Å². The summed E-state index contributed by atoms with van der Waals surface area (Å²) in [5.74, 6) is 0.885. The lowest BCUT2D eigenvalue weighted by Gasteiger charge is -2.16. The van der Waals surface area contributed by atoms with Gasteiger partial charge in [0.15, 0.2) is 5.82 Å². The molecule has 5 heteroatoms. The van der Waals surface area contributed by atoms with Crippen molar-refractivity contribution in [3.05, 3.63) is 78.4 Å². The zero-order valence-corrected chi connectivity index (χ0v) is 13.8. The van der Waals surface area contributed by atoms with E-state index in [-0.39, 0.29) is 6.10 Å². The Kier molecular flexibility index (Phi) is 5.71. The summed E-state index contributed by atoms with van der Waals surface area (Å²) in [6, 6.07) is 20.5. The fraction of sp³-hybridized carbons (Fsp3) is 0.263. The number of rotatable bonds is 8. The van der Waals surface area contributed by atoms with Crippen LogP contribution in [0.15, 0.2) is 67.0 Å². The molecule has 5 nitrogen and oxygen atoms in total. The zero-order chi connectivity index (χ0) is 16.6. The Hall–Kier alpha value is -2.50. The lowest BCUT2D eigenvalue weighted by atomic mass is 10.1. The van der Waals surface area contributed by atoms with Crippen molar-refractivity contribution in [3.63, 3.8) is 0 Å². The molecule has 0 aliphatic heterocycles. The molecule has 24 heavy (non-hydrogen) atoms. The summed E-state index contributed by atoms with van der Waals surface area (Å²) in [7, 11) is 1.75. The number of hydrogen-bond donors (Lipinski definition) is 1. The van der Waals surface area contributed by atoms with Crippen molar-refractivity contribution in [1.29, 1.82) is 0 Å². The van der Waals surface area contributed by atoms with Crippen molar-refractivity contribution >= 4 is 0 Å². The fourth-order valence-electron chi connectivity index (χ4n) is 2.64. The van der Waals surface area contributed by atoms with Gasteiger partial charge in [0, 0.05) is 19.3 Å². The number of aromatic nitrogens is 3. The van der Waals surface area contributed by atoms with Crippen LogP contribution in [-0.2, 0) is 17.7 Å². The number of ether oxygens (including phenoxy) is 1. The number of para-hydroxylation sites is 1. The second-order valence-electron chi connectivity index (χ2n) is 5.63. The summed E-state index contributed by atoms with van der Waals surface area (Å²) in [6.07, 6.45) is 2.75. The number of methoxy groups -OCH3 is 1. The average molecular weight is 322 g/mol. The first-order valence-corrected chi connectivity index (χ1v) is 8.08. The minimum absolute atomic E-state index is 0.125. The van der Waals surface area contributed by atoms with Gasteiger partial charge in [-0.1, -0.05) is 48.5 Å². The third-order valence-electron chi connectivity index (χ3n) is 3.95. The Morgan fingerprint density at radius 3 is 2.46 bits per heavy atom. The van der Waals surface area contributed by atoms with E-state index in [4.69, 9.17) is 4.74 Å². The Morgan fingerprint density at radius 1 is 1.04 bits per heavy atom. The van der Waals surface area contributed by atoms with Crippen LogP contribution in [0.4, 0.5) is 0 Å². The Balaban J connectivity index is 1.55. The highest BCUT2D eigenvalue weighted by molar-refractivity contribution is 5.31. The molecule has 124 valence electrons. The molecule has 1 heterocycles. The Morgan fingerprint density at radius 2 is 1.75 bits per heavy atom. The van der Waals surface area contributed by atoms with E-state index >= 15 is 0 Å². The fourth-order valence-corrected chi connectivity index (χ4v) is 2.64. The van der Waals surface area contributed by atoms with Gasteiger partial charge in [0.25, 0.3) is 0 Å². The van der Waals surface area contributed by atoms with Gasteiger partial charge in [-0.2, -0.15) is 0 Å². The van der Waals surface area contributed by atoms with Crippen LogP contribution in [0.5, 0.6) is 0 Å². The van der Waals surface area contributed by atoms with E-state index in [1.54, 1.807) is 13.4 Å². The normalized spacial score (nSPS) is 12.2. The number of benzene rings is 2. The molecule has 1 unspecified atom stereocenters. The third-order valence-corrected chi connectivity index (χ3v) is 3.95. The first kappa shape index (κ1) is 16.4. The van der Waals surface area contributed by atoms with E-state index in [0.29, 0.717) is 6.54 Å². The van der Waals surface area contributed by atoms with Gasteiger partial charge in [-0.05, 0) is 24.1 Å². The number of nitrogens with one attached hydrogen (secondary N) is 1. The van der Waals surface area contributed by atoms with Gasteiger partial charge in [0.05, 0.1) is 12.6 Å². The molecular formula is C19H22N4O. The van der Waals surface area contributed by atoms with Crippen molar-refractivity contribution in [2.75, 3.05) is 13.7 Å². The standard InChI is InChI=1S/C19H22N4O/c1-24-18(12-16-8-4-2-5-9-16)13-20-14-19-22-21-15-23(19)17-10-6-3-7-11-17/h2-11,15,18,20H,12-14H2,1H3. The van der Waals surface area contributed by atoms with Crippen molar-refractivity contribution < 1.29 is 4.74 Å². The summed E-state index contributed by atoms with van der Waals surface area (Å²) in [4.78, 5) is 0. The van der Waals surface area contributed by atoms with Crippen LogP contribution in [0, 0.1) is 0 Å². The first-order valence-electron chi connectivity index (χ1n) is 8.08. The monoisotopic (exact) mass is 322 g/mol. The summed E-state index contributed by atoms with van der Waals surface area (Å²) in [5, 5.41) is 11.7. The van der Waals surface area contributed by atoms with Crippen LogP contribution >= 0.6 is 0 Å². The Bertz CT molecular complexity index is 727. The maximum absolute atomic E-state index is 5.58. The van der Waals surface area contributed by atoms with Gasteiger partial charge in [-0.15, -0.1) is 10.2 Å². The number of nitrogens with zero attached hydrogens (tertiary/aromatic N) is 3. The molecule has 1 atom stereocenters. The minimum Gasteiger partial charge on any atom is -0.380 e. The maximum atomic E-state index is 5.58. The van der Waals surface area contributed by atoms with E-state index in [1.165, 1.54) is 5.56 Å². The van der Waals surface area contributed by atoms with E-state index in [0.717, 1.165) is 24.5 Å². The molecule has 0 bridgehead atoms. The third kappa shape index (κ3) is 4.28. The molecule has 0 radical (unpaired) electrons. The maximum Gasteiger partial charge on any atom is 0.151 e. The lowest BCUT2D eigenvalue weighted by Crippen LogP contribution is -2.30. The first-order chi connectivity index (χ1) is 11.9. The molecular weight excluding hydrogens is 300 g/mol. The zero-order valence-electron chi connectivity index (χ0n) is 13.8. The molecule has 2 aromatic carbocycles. The molecule has 0 aliphatic rings. The van der Waals surface area contributed by atoms with Gasteiger partial charge in [-0.3, -0.25) is 4.57 Å². The van der Waals surface area contributed by atoms with Crippen LogP contribution in [0.3, 0.4) is 0 Å². The van der Waals surface area contributed by atoms with E-state index in [2.05, 4.69) is 39.8 Å². The summed E-state index contributed by atoms with van der Waals surface area (Å²) < 4.78 is 7.58. The Labute approximate surface area is 142 Å². The SMILES string of the molecule is COC(CNCc1nncn1-c1ccccc1)Cc1ccccc1. The van der Waals surface area contributed by atoms with Crippen molar-refractivity contribution in [2.45, 2.75) is 19.1 Å². The topological polar surface area (TPSA) is 52.0 Å². The second kappa shape index (κ2) is 8.38. The van der Waals surface area contributed by atoms with Gasteiger partial charge < -0.3 is 10.1 Å². The van der Waals surface area contributed by atoms with Crippen molar-refractivity contribution in [3.8, 4) is 5.69 Å². The van der Waals surface area contributed by atoms with Gasteiger partial charge >= 0.3 is 0 Å². The molecule has 0 saturated heterocycles. The molecule has 0 aliphatic carbocycles. The van der Waals surface area contributed by atoms with Crippen molar-refractivity contribution in [2.24, 2.45) is 0 Å². The van der Waals surface area contributed by atoms with Crippen LogP contribution in [0.2, 0.25) is 0 Å². The second-order valence-corrected chi connectivity index (χ2v) is 5.63. The molecule has 0 amide bonds. The molecule has 3 aromatic rings. The minimum atomic E-state index is 0.125. The predicted molar refractivity (Wildman–Crippen MR) is 94.0 cm³/mol. The summed E-state index contributed by atoms with van der Waals surface area (Å²) >= 11 is 0. The van der Waals surface area contributed by atoms with Gasteiger partial charge in [-0.25, -0.2) is 0 Å². The van der Waals surface area contributed by atoms with Crippen LogP contribution < -0.4 is 5.32 Å². The smallest absolute Gasteiger partial charge is 0.151 e. The molecule has 0 spiro atoms. The molecule has 3 rings (SSSR count).